The predicted octanol–water partition coefficient (Wildman–Crippen LogP) is 2.17. The van der Waals surface area contributed by atoms with E-state index in [0.29, 0.717) is 24.9 Å². The van der Waals surface area contributed by atoms with Gasteiger partial charge in [0.15, 0.2) is 0 Å². The highest BCUT2D eigenvalue weighted by Crippen LogP contribution is 2.21. The van der Waals surface area contributed by atoms with Crippen LogP contribution >= 0.6 is 0 Å². The van der Waals surface area contributed by atoms with E-state index in [0.717, 1.165) is 51.2 Å². The Bertz CT molecular complexity index is 668. The average molecular weight is 365 g/mol. The fraction of sp³-hybridized carbons (Fsp3) is 0.579. The summed E-state index contributed by atoms with van der Waals surface area (Å²) in [6.07, 6.45) is 4.22. The molecule has 1 N–H and O–H groups in total. The summed E-state index contributed by atoms with van der Waals surface area (Å²) in [5, 5.41) is 2.59. The van der Waals surface area contributed by atoms with E-state index in [9.17, 15) is 18.4 Å². The maximum absolute atomic E-state index is 13.6. The Hall–Kier alpha value is -2.02. The normalized spacial score (nSPS) is 20.5. The zero-order valence-corrected chi connectivity index (χ0v) is 14.8. The maximum atomic E-state index is 13.6. The van der Waals surface area contributed by atoms with Gasteiger partial charge in [-0.25, -0.2) is 8.78 Å². The minimum Gasteiger partial charge on any atom is -0.352 e. The quantitative estimate of drug-likeness (QED) is 0.814. The number of fused-ring (bicyclic) bond motifs is 1. The molecule has 5 nitrogen and oxygen atoms in total. The molecule has 26 heavy (non-hydrogen) atoms. The molecule has 1 aromatic rings. The molecule has 0 aromatic heterocycles. The smallest absolute Gasteiger partial charge is 0.254 e. The number of hydrogen-bond acceptors (Lipinski definition) is 3. The minimum atomic E-state index is -0.885. The molecule has 2 amide bonds. The van der Waals surface area contributed by atoms with Gasteiger partial charge in [0.25, 0.3) is 5.91 Å². The highest BCUT2D eigenvalue weighted by molar-refractivity contribution is 5.94. The third kappa shape index (κ3) is 4.58. The lowest BCUT2D eigenvalue weighted by Gasteiger charge is -2.25. The fourth-order valence-electron chi connectivity index (χ4n) is 3.80. The number of benzene rings is 1. The Labute approximate surface area is 152 Å². The first-order valence-corrected chi connectivity index (χ1v) is 9.29. The van der Waals surface area contributed by atoms with Gasteiger partial charge in [0, 0.05) is 44.7 Å². The number of carbonyl (C=O) groups excluding carboxylic acids is 2. The molecule has 0 bridgehead atoms. The summed E-state index contributed by atoms with van der Waals surface area (Å²) in [4.78, 5) is 28.8. The van der Waals surface area contributed by atoms with Crippen molar-refractivity contribution in [2.24, 2.45) is 0 Å². The van der Waals surface area contributed by atoms with Crippen LogP contribution in [0.2, 0.25) is 0 Å². The maximum Gasteiger partial charge on any atom is 0.254 e. The van der Waals surface area contributed by atoms with E-state index in [-0.39, 0.29) is 18.0 Å². The lowest BCUT2D eigenvalue weighted by atomic mass is 10.2. The van der Waals surface area contributed by atoms with Gasteiger partial charge < -0.3 is 10.2 Å². The van der Waals surface area contributed by atoms with Crippen LogP contribution in [0.5, 0.6) is 0 Å². The molecule has 1 aromatic carbocycles. The second kappa shape index (κ2) is 8.58. The largest absolute Gasteiger partial charge is 0.352 e. The van der Waals surface area contributed by atoms with Crippen molar-refractivity contribution in [2.75, 3.05) is 32.7 Å². The Morgan fingerprint density at radius 1 is 1.15 bits per heavy atom. The van der Waals surface area contributed by atoms with E-state index in [1.807, 2.05) is 4.90 Å². The van der Waals surface area contributed by atoms with E-state index < -0.39 is 17.5 Å². The van der Waals surface area contributed by atoms with Gasteiger partial charge in [-0.15, -0.1) is 0 Å². The van der Waals surface area contributed by atoms with E-state index in [4.69, 9.17) is 0 Å². The summed E-state index contributed by atoms with van der Waals surface area (Å²) in [5.74, 6) is -2.08. The van der Waals surface area contributed by atoms with Crippen LogP contribution in [-0.4, -0.2) is 60.4 Å². The molecule has 0 unspecified atom stereocenters. The molecule has 0 spiro atoms. The fourth-order valence-corrected chi connectivity index (χ4v) is 3.80. The molecule has 0 saturated carbocycles. The molecule has 2 heterocycles. The summed E-state index contributed by atoms with van der Waals surface area (Å²) in [6.45, 7) is 4.07. The topological polar surface area (TPSA) is 52.7 Å². The Balaban J connectivity index is 1.41. The highest BCUT2D eigenvalue weighted by Gasteiger charge is 2.30. The Morgan fingerprint density at radius 3 is 2.77 bits per heavy atom. The van der Waals surface area contributed by atoms with Crippen molar-refractivity contribution < 1.29 is 18.4 Å². The first-order chi connectivity index (χ1) is 12.5. The number of carbonyl (C=O) groups is 2. The van der Waals surface area contributed by atoms with Gasteiger partial charge in [-0.1, -0.05) is 0 Å². The SMILES string of the molecule is O=C(NCCCC(=O)N1CCCN2CCC[C@H]2C1)c1ccc(F)cc1F. The van der Waals surface area contributed by atoms with Crippen LogP contribution in [0.3, 0.4) is 0 Å². The number of halogens is 2. The molecule has 3 rings (SSSR count). The minimum absolute atomic E-state index is 0.112. The summed E-state index contributed by atoms with van der Waals surface area (Å²) in [7, 11) is 0. The first kappa shape index (κ1) is 18.8. The molecule has 142 valence electrons. The van der Waals surface area contributed by atoms with Crippen LogP contribution in [0.1, 0.15) is 42.5 Å². The van der Waals surface area contributed by atoms with Crippen LogP contribution in [0.4, 0.5) is 8.78 Å². The van der Waals surface area contributed by atoms with Gasteiger partial charge in [0.2, 0.25) is 5.91 Å². The van der Waals surface area contributed by atoms with Crippen molar-refractivity contribution in [1.82, 2.24) is 15.1 Å². The monoisotopic (exact) mass is 365 g/mol. The summed E-state index contributed by atoms with van der Waals surface area (Å²) < 4.78 is 26.4. The van der Waals surface area contributed by atoms with Gasteiger partial charge in [-0.2, -0.15) is 0 Å². The van der Waals surface area contributed by atoms with E-state index in [2.05, 4.69) is 10.2 Å². The number of nitrogens with zero attached hydrogens (tertiary/aromatic N) is 2. The van der Waals surface area contributed by atoms with Gasteiger partial charge in [0.05, 0.1) is 5.56 Å². The number of nitrogens with one attached hydrogen (secondary N) is 1. The van der Waals surface area contributed by atoms with Crippen molar-refractivity contribution in [2.45, 2.75) is 38.1 Å². The summed E-state index contributed by atoms with van der Waals surface area (Å²) >= 11 is 0. The molecular formula is C19H25F2N3O2. The highest BCUT2D eigenvalue weighted by atomic mass is 19.1. The van der Waals surface area contributed by atoms with Crippen molar-refractivity contribution in [3.8, 4) is 0 Å². The standard InChI is InChI=1S/C19H25F2N3O2/c20-14-6-7-16(17(21)12-14)19(26)22-8-1-5-18(25)24-11-3-10-23-9-2-4-15(23)13-24/h6-7,12,15H,1-5,8-11,13H2,(H,22,26)/t15-/m0/s1. The zero-order chi connectivity index (χ0) is 18.5. The van der Waals surface area contributed by atoms with Crippen LogP contribution in [0, 0.1) is 11.6 Å². The van der Waals surface area contributed by atoms with Gasteiger partial charge >= 0.3 is 0 Å². The van der Waals surface area contributed by atoms with Crippen molar-refractivity contribution in [3.05, 3.63) is 35.4 Å². The molecule has 2 aliphatic heterocycles. The number of rotatable bonds is 5. The molecule has 2 saturated heterocycles. The van der Waals surface area contributed by atoms with Gasteiger partial charge in [-0.05, 0) is 44.4 Å². The van der Waals surface area contributed by atoms with E-state index in [1.165, 1.54) is 6.42 Å². The third-order valence-corrected chi connectivity index (χ3v) is 5.19. The molecule has 0 aliphatic carbocycles. The van der Waals surface area contributed by atoms with Gasteiger partial charge in [0.1, 0.15) is 11.6 Å². The summed E-state index contributed by atoms with van der Waals surface area (Å²) in [5.41, 5.74) is -0.188. The Kier molecular flexibility index (Phi) is 6.19. The Morgan fingerprint density at radius 2 is 1.96 bits per heavy atom. The molecule has 2 fully saturated rings. The first-order valence-electron chi connectivity index (χ1n) is 9.29. The molecule has 0 radical (unpaired) electrons. The van der Waals surface area contributed by atoms with Crippen LogP contribution < -0.4 is 5.32 Å². The van der Waals surface area contributed by atoms with E-state index >= 15 is 0 Å². The second-order valence-electron chi connectivity index (χ2n) is 7.01. The average Bonchev–Trinajstić information content (AvgIpc) is 2.95. The van der Waals surface area contributed by atoms with Crippen molar-refractivity contribution in [3.63, 3.8) is 0 Å². The zero-order valence-electron chi connectivity index (χ0n) is 14.8. The molecule has 2 aliphatic rings. The lowest BCUT2D eigenvalue weighted by Crippen LogP contribution is -2.39. The van der Waals surface area contributed by atoms with Crippen LogP contribution in [0.25, 0.3) is 0 Å². The third-order valence-electron chi connectivity index (χ3n) is 5.19. The number of hydrogen-bond donors (Lipinski definition) is 1. The molecule has 7 heteroatoms. The van der Waals surface area contributed by atoms with Crippen LogP contribution in [0.15, 0.2) is 18.2 Å². The van der Waals surface area contributed by atoms with Crippen molar-refractivity contribution >= 4 is 11.8 Å². The molecule has 1 atom stereocenters. The van der Waals surface area contributed by atoms with Crippen LogP contribution in [-0.2, 0) is 4.79 Å². The molecular weight excluding hydrogens is 340 g/mol. The second-order valence-corrected chi connectivity index (χ2v) is 7.01. The summed E-state index contributed by atoms with van der Waals surface area (Å²) in [6, 6.07) is 3.34. The number of amides is 2. The van der Waals surface area contributed by atoms with E-state index in [1.54, 1.807) is 0 Å². The van der Waals surface area contributed by atoms with Gasteiger partial charge in [-0.3, -0.25) is 14.5 Å². The lowest BCUT2D eigenvalue weighted by molar-refractivity contribution is -0.131. The predicted molar refractivity (Wildman–Crippen MR) is 93.7 cm³/mol. The van der Waals surface area contributed by atoms with Crippen molar-refractivity contribution in [1.29, 1.82) is 0 Å².